The van der Waals surface area contributed by atoms with E-state index in [0.717, 1.165) is 44.0 Å². The smallest absolute Gasteiger partial charge is 0.280 e. The highest BCUT2D eigenvalue weighted by atomic mass is 16.6. The molecule has 190 valence electrons. The third kappa shape index (κ3) is 5.07. The molecule has 0 fully saturated rings. The van der Waals surface area contributed by atoms with Crippen molar-refractivity contribution < 1.29 is 19.5 Å². The van der Waals surface area contributed by atoms with Crippen molar-refractivity contribution in [3.63, 3.8) is 0 Å². The maximum absolute atomic E-state index is 11.3. The van der Waals surface area contributed by atoms with E-state index in [0.29, 0.717) is 5.69 Å². The number of ether oxygens (including phenoxy) is 2. The Hall–Kier alpha value is -4.51. The summed E-state index contributed by atoms with van der Waals surface area (Å²) in [5, 5.41) is 33.4. The fraction of sp³-hybridized carbons (Fsp3) is 0.269. The van der Waals surface area contributed by atoms with Crippen LogP contribution in [0.3, 0.4) is 0 Å². The Labute approximate surface area is 213 Å². The number of rotatable bonds is 8. The standard InChI is InChI=1S/C26H26N6O5/c1-36-24-13-18-10-12-30(16-19(18)14-25(24)37-2)11-9-17-3-5-20(6-4-17)31-28-26(27-29-31)22-15-21(33)7-8-23(22)32(34)35/h3-8,13-15,33H,9-12,16H2,1-2H3. The van der Waals surface area contributed by atoms with Crippen LogP contribution in [-0.4, -0.2) is 62.4 Å². The second kappa shape index (κ2) is 10.2. The number of tetrazole rings is 1. The van der Waals surface area contributed by atoms with Crippen molar-refractivity contribution in [3.8, 4) is 34.3 Å². The summed E-state index contributed by atoms with van der Waals surface area (Å²) >= 11 is 0. The molecule has 0 spiro atoms. The van der Waals surface area contributed by atoms with Gasteiger partial charge >= 0.3 is 0 Å². The number of nitrogens with zero attached hydrogens (tertiary/aromatic N) is 6. The van der Waals surface area contributed by atoms with E-state index < -0.39 is 4.92 Å². The Morgan fingerprint density at radius 2 is 1.76 bits per heavy atom. The molecule has 3 aromatic carbocycles. The number of fused-ring (bicyclic) bond motifs is 1. The quantitative estimate of drug-likeness (QED) is 0.284. The second-order valence-electron chi connectivity index (χ2n) is 8.78. The molecule has 37 heavy (non-hydrogen) atoms. The first-order chi connectivity index (χ1) is 17.9. The molecule has 0 amide bonds. The van der Waals surface area contributed by atoms with Crippen molar-refractivity contribution in [2.24, 2.45) is 0 Å². The van der Waals surface area contributed by atoms with Crippen molar-refractivity contribution >= 4 is 5.69 Å². The van der Waals surface area contributed by atoms with E-state index in [1.165, 1.54) is 39.7 Å². The minimum atomic E-state index is -0.543. The zero-order chi connectivity index (χ0) is 25.9. The van der Waals surface area contributed by atoms with Crippen LogP contribution < -0.4 is 9.47 Å². The number of hydrogen-bond donors (Lipinski definition) is 1. The first kappa shape index (κ1) is 24.2. The molecule has 11 nitrogen and oxygen atoms in total. The lowest BCUT2D eigenvalue weighted by Gasteiger charge is -2.29. The predicted octanol–water partition coefficient (Wildman–Crippen LogP) is 3.56. The van der Waals surface area contributed by atoms with Gasteiger partial charge in [-0.2, -0.15) is 0 Å². The Morgan fingerprint density at radius 1 is 1.03 bits per heavy atom. The van der Waals surface area contributed by atoms with Crippen molar-refractivity contribution in [2.75, 3.05) is 27.3 Å². The monoisotopic (exact) mass is 502 g/mol. The average Bonchev–Trinajstić information content (AvgIpc) is 3.41. The summed E-state index contributed by atoms with van der Waals surface area (Å²) in [6.45, 7) is 2.76. The molecule has 1 aromatic heterocycles. The molecular formula is C26H26N6O5. The van der Waals surface area contributed by atoms with Gasteiger partial charge in [-0.25, -0.2) is 0 Å². The van der Waals surface area contributed by atoms with E-state index in [-0.39, 0.29) is 22.8 Å². The van der Waals surface area contributed by atoms with Gasteiger partial charge in [0.1, 0.15) is 11.3 Å². The molecule has 0 aliphatic carbocycles. The number of benzene rings is 3. The lowest BCUT2D eigenvalue weighted by molar-refractivity contribution is -0.384. The van der Waals surface area contributed by atoms with Crippen LogP contribution in [0.25, 0.3) is 17.1 Å². The predicted molar refractivity (Wildman–Crippen MR) is 135 cm³/mol. The summed E-state index contributed by atoms with van der Waals surface area (Å²) in [5.74, 6) is 1.47. The summed E-state index contributed by atoms with van der Waals surface area (Å²) in [7, 11) is 3.31. The van der Waals surface area contributed by atoms with Crippen molar-refractivity contribution in [2.45, 2.75) is 19.4 Å². The Morgan fingerprint density at radius 3 is 2.46 bits per heavy atom. The van der Waals surface area contributed by atoms with E-state index >= 15 is 0 Å². The molecule has 0 unspecified atom stereocenters. The lowest BCUT2D eigenvalue weighted by Crippen LogP contribution is -2.32. The van der Waals surface area contributed by atoms with Gasteiger partial charge in [-0.05, 0) is 71.1 Å². The number of aromatic nitrogens is 4. The summed E-state index contributed by atoms with van der Waals surface area (Å²) in [4.78, 5) is 14.5. The van der Waals surface area contributed by atoms with Crippen LogP contribution >= 0.6 is 0 Å². The van der Waals surface area contributed by atoms with Crippen LogP contribution in [0.1, 0.15) is 16.7 Å². The van der Waals surface area contributed by atoms with Gasteiger partial charge in [0, 0.05) is 25.7 Å². The van der Waals surface area contributed by atoms with Crippen LogP contribution in [-0.2, 0) is 19.4 Å². The maximum atomic E-state index is 11.3. The molecule has 1 N–H and O–H groups in total. The summed E-state index contributed by atoms with van der Waals surface area (Å²) < 4.78 is 10.9. The van der Waals surface area contributed by atoms with Crippen molar-refractivity contribution in [1.29, 1.82) is 0 Å². The van der Waals surface area contributed by atoms with Crippen LogP contribution in [0, 0.1) is 10.1 Å². The van der Waals surface area contributed by atoms with Crippen LogP contribution in [0.15, 0.2) is 54.6 Å². The topological polar surface area (TPSA) is 129 Å². The summed E-state index contributed by atoms with van der Waals surface area (Å²) in [6.07, 6.45) is 1.85. The van der Waals surface area contributed by atoms with E-state index in [4.69, 9.17) is 9.47 Å². The molecule has 0 radical (unpaired) electrons. The Balaban J connectivity index is 1.24. The summed E-state index contributed by atoms with van der Waals surface area (Å²) in [6, 6.07) is 15.7. The van der Waals surface area contributed by atoms with Crippen LogP contribution in [0.4, 0.5) is 5.69 Å². The minimum absolute atomic E-state index is 0.0614. The zero-order valence-corrected chi connectivity index (χ0v) is 20.5. The Bertz CT molecular complexity index is 1440. The van der Waals surface area contributed by atoms with E-state index in [1.807, 2.05) is 24.3 Å². The maximum Gasteiger partial charge on any atom is 0.280 e. The van der Waals surface area contributed by atoms with Crippen LogP contribution in [0.5, 0.6) is 17.2 Å². The Kier molecular flexibility index (Phi) is 6.69. The van der Waals surface area contributed by atoms with Crippen LogP contribution in [0.2, 0.25) is 0 Å². The first-order valence-electron chi connectivity index (χ1n) is 11.8. The van der Waals surface area contributed by atoms with Gasteiger partial charge in [0.2, 0.25) is 5.82 Å². The highest BCUT2D eigenvalue weighted by molar-refractivity contribution is 5.69. The minimum Gasteiger partial charge on any atom is -0.508 e. The van der Waals surface area contributed by atoms with Gasteiger partial charge in [-0.3, -0.25) is 15.0 Å². The number of phenolic OH excluding ortho intramolecular Hbond substituents is 1. The molecule has 0 atom stereocenters. The van der Waals surface area contributed by atoms with Gasteiger partial charge in [0.05, 0.1) is 24.8 Å². The number of phenols is 1. The molecule has 2 heterocycles. The van der Waals surface area contributed by atoms with E-state index in [2.05, 4.69) is 32.4 Å². The number of nitro benzene ring substituents is 1. The van der Waals surface area contributed by atoms with Crippen molar-refractivity contribution in [1.82, 2.24) is 25.1 Å². The first-order valence-corrected chi connectivity index (χ1v) is 11.8. The molecule has 0 bridgehead atoms. The molecule has 1 aliphatic heterocycles. The zero-order valence-electron chi connectivity index (χ0n) is 20.5. The van der Waals surface area contributed by atoms with Gasteiger partial charge in [-0.1, -0.05) is 12.1 Å². The fourth-order valence-electron chi connectivity index (χ4n) is 4.51. The largest absolute Gasteiger partial charge is 0.508 e. The van der Waals surface area contributed by atoms with Gasteiger partial charge < -0.3 is 14.6 Å². The van der Waals surface area contributed by atoms with E-state index in [9.17, 15) is 15.2 Å². The average molecular weight is 503 g/mol. The highest BCUT2D eigenvalue weighted by Crippen LogP contribution is 2.33. The number of methoxy groups -OCH3 is 2. The molecule has 0 saturated heterocycles. The molecular weight excluding hydrogens is 476 g/mol. The normalized spacial score (nSPS) is 13.2. The number of aromatic hydroxyl groups is 1. The fourth-order valence-corrected chi connectivity index (χ4v) is 4.51. The lowest BCUT2D eigenvalue weighted by atomic mass is 9.98. The number of nitro groups is 1. The molecule has 5 rings (SSSR count). The van der Waals surface area contributed by atoms with Crippen molar-refractivity contribution in [3.05, 3.63) is 81.4 Å². The summed E-state index contributed by atoms with van der Waals surface area (Å²) in [5.41, 5.74) is 4.31. The third-order valence-corrected chi connectivity index (χ3v) is 6.51. The molecule has 4 aromatic rings. The number of hydrogen-bond acceptors (Lipinski definition) is 9. The molecule has 0 saturated carbocycles. The third-order valence-electron chi connectivity index (χ3n) is 6.51. The van der Waals surface area contributed by atoms with Gasteiger partial charge in [0.15, 0.2) is 11.5 Å². The van der Waals surface area contributed by atoms with Gasteiger partial charge in [0.25, 0.3) is 5.69 Å². The second-order valence-corrected chi connectivity index (χ2v) is 8.78. The molecule has 11 heteroatoms. The van der Waals surface area contributed by atoms with E-state index in [1.54, 1.807) is 14.2 Å². The van der Waals surface area contributed by atoms with Gasteiger partial charge in [-0.15, -0.1) is 15.0 Å². The molecule has 1 aliphatic rings. The SMILES string of the molecule is COc1cc2c(cc1OC)CN(CCc1ccc(-n3nnc(-c4cc(O)ccc4[N+](=O)[O-])n3)cc1)CC2. The highest BCUT2D eigenvalue weighted by Gasteiger charge is 2.21.